The Hall–Kier alpha value is -0.860. The predicted octanol–water partition coefficient (Wildman–Crippen LogP) is 3.77. The summed E-state index contributed by atoms with van der Waals surface area (Å²) in [7, 11) is 0. The van der Waals surface area contributed by atoms with Crippen LogP contribution in [0.3, 0.4) is 0 Å². The summed E-state index contributed by atoms with van der Waals surface area (Å²) >= 11 is 0. The molecule has 0 aliphatic carbocycles. The van der Waals surface area contributed by atoms with Crippen molar-refractivity contribution in [1.82, 2.24) is 5.32 Å². The van der Waals surface area contributed by atoms with Crippen LogP contribution in [-0.2, 0) is 4.74 Å². The molecule has 19 heavy (non-hydrogen) atoms. The van der Waals surface area contributed by atoms with E-state index in [0.717, 1.165) is 19.8 Å². The summed E-state index contributed by atoms with van der Waals surface area (Å²) in [4.78, 5) is 0. The van der Waals surface area contributed by atoms with Crippen molar-refractivity contribution in [2.24, 2.45) is 5.92 Å². The summed E-state index contributed by atoms with van der Waals surface area (Å²) in [6.07, 6.45) is 3.64. The van der Waals surface area contributed by atoms with E-state index in [9.17, 15) is 0 Å². The molecule has 2 rings (SSSR count). The molecule has 1 aliphatic heterocycles. The maximum absolute atomic E-state index is 5.69. The Bertz CT molecular complexity index is 396. The van der Waals surface area contributed by atoms with E-state index in [2.05, 4.69) is 44.3 Å². The van der Waals surface area contributed by atoms with Gasteiger partial charge in [0.15, 0.2) is 0 Å². The molecule has 0 radical (unpaired) electrons. The minimum absolute atomic E-state index is 0.445. The van der Waals surface area contributed by atoms with E-state index in [4.69, 9.17) is 4.74 Å². The molecular formula is C17H27NO. The number of hydrogen-bond donors (Lipinski definition) is 1. The Balaban J connectivity index is 2.19. The molecule has 106 valence electrons. The molecule has 2 unspecified atom stereocenters. The normalized spacial score (nSPS) is 21.3. The van der Waals surface area contributed by atoms with Gasteiger partial charge in [-0.25, -0.2) is 0 Å². The van der Waals surface area contributed by atoms with Crippen LogP contribution in [0.25, 0.3) is 0 Å². The quantitative estimate of drug-likeness (QED) is 0.871. The van der Waals surface area contributed by atoms with Crippen molar-refractivity contribution in [3.63, 3.8) is 0 Å². The summed E-state index contributed by atoms with van der Waals surface area (Å²) in [5, 5.41) is 3.74. The van der Waals surface area contributed by atoms with Gasteiger partial charge in [0.2, 0.25) is 0 Å². The van der Waals surface area contributed by atoms with E-state index in [1.165, 1.54) is 36.0 Å². The highest BCUT2D eigenvalue weighted by Crippen LogP contribution is 2.31. The Morgan fingerprint density at radius 2 is 2.21 bits per heavy atom. The fraction of sp³-hybridized carbons (Fsp3) is 0.647. The molecule has 1 aromatic rings. The van der Waals surface area contributed by atoms with Crippen LogP contribution in [-0.4, -0.2) is 19.8 Å². The van der Waals surface area contributed by atoms with Crippen molar-refractivity contribution in [2.75, 3.05) is 19.8 Å². The molecule has 2 heteroatoms. The first-order chi connectivity index (χ1) is 9.22. The third kappa shape index (κ3) is 3.80. The summed E-state index contributed by atoms with van der Waals surface area (Å²) in [6.45, 7) is 9.53. The van der Waals surface area contributed by atoms with Gasteiger partial charge in [-0.15, -0.1) is 0 Å². The second kappa shape index (κ2) is 7.06. The SMILES string of the molecule is CCCNC(c1ccc(C)cc1C)C1CCCOC1. The molecule has 0 saturated carbocycles. The number of hydrogen-bond acceptors (Lipinski definition) is 2. The molecule has 1 aromatic carbocycles. The van der Waals surface area contributed by atoms with Gasteiger partial charge in [-0.05, 0) is 50.8 Å². The van der Waals surface area contributed by atoms with Crippen LogP contribution in [0.5, 0.6) is 0 Å². The van der Waals surface area contributed by atoms with Gasteiger partial charge < -0.3 is 10.1 Å². The number of benzene rings is 1. The summed E-state index contributed by atoms with van der Waals surface area (Å²) in [6, 6.07) is 7.26. The summed E-state index contributed by atoms with van der Waals surface area (Å²) < 4.78 is 5.69. The molecule has 2 nitrogen and oxygen atoms in total. The average Bonchev–Trinajstić information content (AvgIpc) is 2.42. The number of aryl methyl sites for hydroxylation is 2. The Labute approximate surface area is 117 Å². The van der Waals surface area contributed by atoms with Crippen molar-refractivity contribution in [2.45, 2.75) is 46.1 Å². The Morgan fingerprint density at radius 1 is 1.37 bits per heavy atom. The number of rotatable bonds is 5. The minimum atomic E-state index is 0.445. The fourth-order valence-electron chi connectivity index (χ4n) is 3.03. The molecule has 1 heterocycles. The lowest BCUT2D eigenvalue weighted by Crippen LogP contribution is -2.34. The van der Waals surface area contributed by atoms with Crippen LogP contribution >= 0.6 is 0 Å². The molecule has 0 amide bonds. The zero-order valence-corrected chi connectivity index (χ0v) is 12.5. The van der Waals surface area contributed by atoms with E-state index < -0.39 is 0 Å². The van der Waals surface area contributed by atoms with Gasteiger partial charge in [-0.2, -0.15) is 0 Å². The minimum Gasteiger partial charge on any atom is -0.381 e. The largest absolute Gasteiger partial charge is 0.381 e. The van der Waals surface area contributed by atoms with E-state index >= 15 is 0 Å². The molecule has 0 aromatic heterocycles. The van der Waals surface area contributed by atoms with Gasteiger partial charge in [0.1, 0.15) is 0 Å². The average molecular weight is 261 g/mol. The maximum Gasteiger partial charge on any atom is 0.0512 e. The third-order valence-electron chi connectivity index (χ3n) is 4.04. The number of nitrogens with one attached hydrogen (secondary N) is 1. The first kappa shape index (κ1) is 14.5. The highest BCUT2D eigenvalue weighted by Gasteiger charge is 2.26. The second-order valence-electron chi connectivity index (χ2n) is 5.77. The van der Waals surface area contributed by atoms with Crippen molar-refractivity contribution < 1.29 is 4.74 Å². The van der Waals surface area contributed by atoms with Crippen molar-refractivity contribution in [1.29, 1.82) is 0 Å². The lowest BCUT2D eigenvalue weighted by atomic mass is 9.86. The molecule has 1 aliphatic rings. The van der Waals surface area contributed by atoms with Gasteiger partial charge in [-0.1, -0.05) is 30.7 Å². The Morgan fingerprint density at radius 3 is 2.84 bits per heavy atom. The fourth-order valence-corrected chi connectivity index (χ4v) is 3.03. The van der Waals surface area contributed by atoms with Crippen LogP contribution in [0.1, 0.15) is 48.9 Å². The number of ether oxygens (including phenoxy) is 1. The van der Waals surface area contributed by atoms with Gasteiger partial charge >= 0.3 is 0 Å². The topological polar surface area (TPSA) is 21.3 Å². The maximum atomic E-state index is 5.69. The molecule has 0 spiro atoms. The lowest BCUT2D eigenvalue weighted by molar-refractivity contribution is 0.0389. The van der Waals surface area contributed by atoms with Crippen molar-refractivity contribution >= 4 is 0 Å². The predicted molar refractivity (Wildman–Crippen MR) is 80.5 cm³/mol. The standard InChI is InChI=1S/C17H27NO/c1-4-9-18-17(15-6-5-10-19-12-15)16-8-7-13(2)11-14(16)3/h7-8,11,15,17-18H,4-6,9-10,12H2,1-3H3. The van der Waals surface area contributed by atoms with E-state index in [0.29, 0.717) is 12.0 Å². The molecule has 0 bridgehead atoms. The van der Waals surface area contributed by atoms with Crippen LogP contribution in [0.4, 0.5) is 0 Å². The van der Waals surface area contributed by atoms with Crippen LogP contribution < -0.4 is 5.32 Å². The second-order valence-corrected chi connectivity index (χ2v) is 5.77. The zero-order chi connectivity index (χ0) is 13.7. The molecule has 1 fully saturated rings. The van der Waals surface area contributed by atoms with E-state index in [-0.39, 0.29) is 0 Å². The van der Waals surface area contributed by atoms with E-state index in [1.807, 2.05) is 0 Å². The van der Waals surface area contributed by atoms with Crippen LogP contribution in [0.2, 0.25) is 0 Å². The Kier molecular flexibility index (Phi) is 5.41. The van der Waals surface area contributed by atoms with Gasteiger partial charge in [0, 0.05) is 18.6 Å². The molecule has 2 atom stereocenters. The summed E-state index contributed by atoms with van der Waals surface area (Å²) in [5.74, 6) is 0.613. The van der Waals surface area contributed by atoms with Crippen molar-refractivity contribution in [3.05, 3.63) is 34.9 Å². The van der Waals surface area contributed by atoms with Gasteiger partial charge in [0.05, 0.1) is 6.61 Å². The van der Waals surface area contributed by atoms with Crippen molar-refractivity contribution in [3.8, 4) is 0 Å². The first-order valence-corrected chi connectivity index (χ1v) is 7.60. The third-order valence-corrected chi connectivity index (χ3v) is 4.04. The molecule has 1 saturated heterocycles. The molecular weight excluding hydrogens is 234 g/mol. The highest BCUT2D eigenvalue weighted by molar-refractivity contribution is 5.33. The first-order valence-electron chi connectivity index (χ1n) is 7.60. The smallest absolute Gasteiger partial charge is 0.0512 e. The summed E-state index contributed by atoms with van der Waals surface area (Å²) in [5.41, 5.74) is 4.20. The zero-order valence-electron chi connectivity index (χ0n) is 12.5. The van der Waals surface area contributed by atoms with Crippen LogP contribution in [0, 0.1) is 19.8 Å². The van der Waals surface area contributed by atoms with Gasteiger partial charge in [-0.3, -0.25) is 0 Å². The monoisotopic (exact) mass is 261 g/mol. The lowest BCUT2D eigenvalue weighted by Gasteiger charge is -2.32. The van der Waals surface area contributed by atoms with Gasteiger partial charge in [0.25, 0.3) is 0 Å². The van der Waals surface area contributed by atoms with Crippen LogP contribution in [0.15, 0.2) is 18.2 Å². The molecule has 1 N–H and O–H groups in total. The van der Waals surface area contributed by atoms with E-state index in [1.54, 1.807) is 0 Å². The highest BCUT2D eigenvalue weighted by atomic mass is 16.5.